The Balaban J connectivity index is 1.64. The molecule has 2 aromatic rings. The second-order valence-corrected chi connectivity index (χ2v) is 5.90. The van der Waals surface area contributed by atoms with Crippen LogP contribution in [0.3, 0.4) is 0 Å². The maximum atomic E-state index is 12.5. The van der Waals surface area contributed by atoms with E-state index in [-0.39, 0.29) is 5.91 Å². The molecule has 0 unspecified atom stereocenters. The van der Waals surface area contributed by atoms with Gasteiger partial charge in [0.1, 0.15) is 0 Å². The normalized spacial score (nSPS) is 14.2. The quantitative estimate of drug-likeness (QED) is 0.772. The van der Waals surface area contributed by atoms with Gasteiger partial charge in [0.25, 0.3) is 5.91 Å². The van der Waals surface area contributed by atoms with Gasteiger partial charge in [0.2, 0.25) is 0 Å². The predicted octanol–water partition coefficient (Wildman–Crippen LogP) is 1.86. The number of ether oxygens (including phenoxy) is 1. The van der Waals surface area contributed by atoms with E-state index < -0.39 is 6.03 Å². The minimum absolute atomic E-state index is 0.110. The van der Waals surface area contributed by atoms with Gasteiger partial charge in [-0.3, -0.25) is 9.89 Å². The van der Waals surface area contributed by atoms with Gasteiger partial charge in [-0.15, -0.1) is 0 Å². The van der Waals surface area contributed by atoms with Crippen molar-refractivity contribution in [2.45, 2.75) is 6.54 Å². The number of aromatic nitrogens is 2. The molecule has 0 atom stereocenters. The van der Waals surface area contributed by atoms with Gasteiger partial charge >= 0.3 is 6.03 Å². The highest BCUT2D eigenvalue weighted by Gasteiger charge is 2.19. The average molecular weight is 364 g/mol. The Hall–Kier alpha value is -2.58. The number of benzene rings is 1. The van der Waals surface area contributed by atoms with Crippen LogP contribution in [0.2, 0.25) is 5.02 Å². The van der Waals surface area contributed by atoms with Gasteiger partial charge < -0.3 is 20.3 Å². The summed E-state index contributed by atoms with van der Waals surface area (Å²) in [5, 5.41) is 12.3. The number of hydrogen-bond donors (Lipinski definition) is 3. The molecule has 0 aliphatic carbocycles. The Bertz CT molecular complexity index is 744. The number of H-pyrrole nitrogens is 1. The molecule has 1 saturated heterocycles. The fraction of sp³-hybridized carbons (Fsp3) is 0.312. The van der Waals surface area contributed by atoms with E-state index in [2.05, 4.69) is 20.8 Å². The Kier molecular flexibility index (Phi) is 5.52. The molecule has 0 bridgehead atoms. The highest BCUT2D eigenvalue weighted by atomic mass is 35.5. The van der Waals surface area contributed by atoms with Gasteiger partial charge in [-0.25, -0.2) is 4.79 Å². The standard InChI is InChI=1S/C16H18ClN5O3/c17-13-2-1-11(15(23)22-5-7-25-8-6-22)9-14(13)20-16(24)18-10-12-3-4-19-21-12/h1-4,9H,5-8,10H2,(H,19,21)(H2,18,20,24). The van der Waals surface area contributed by atoms with Crippen molar-refractivity contribution in [3.8, 4) is 0 Å². The van der Waals surface area contributed by atoms with Crippen LogP contribution in [-0.2, 0) is 11.3 Å². The molecule has 1 aliphatic heterocycles. The van der Waals surface area contributed by atoms with Crippen molar-refractivity contribution in [2.24, 2.45) is 0 Å². The zero-order chi connectivity index (χ0) is 17.6. The van der Waals surface area contributed by atoms with Crippen molar-refractivity contribution in [3.63, 3.8) is 0 Å². The maximum Gasteiger partial charge on any atom is 0.319 e. The third kappa shape index (κ3) is 4.49. The van der Waals surface area contributed by atoms with Crippen LogP contribution in [0.1, 0.15) is 16.1 Å². The zero-order valence-electron chi connectivity index (χ0n) is 13.4. The van der Waals surface area contributed by atoms with Crippen molar-refractivity contribution < 1.29 is 14.3 Å². The zero-order valence-corrected chi connectivity index (χ0v) is 14.2. The van der Waals surface area contributed by atoms with E-state index in [9.17, 15) is 9.59 Å². The number of halogens is 1. The molecule has 25 heavy (non-hydrogen) atoms. The molecule has 1 fully saturated rings. The predicted molar refractivity (Wildman–Crippen MR) is 92.6 cm³/mol. The number of anilines is 1. The lowest BCUT2D eigenvalue weighted by Gasteiger charge is -2.27. The SMILES string of the molecule is O=C(NCc1ccn[nH]1)Nc1cc(C(=O)N2CCOCC2)ccc1Cl. The number of urea groups is 1. The van der Waals surface area contributed by atoms with Crippen molar-refractivity contribution in [2.75, 3.05) is 31.6 Å². The number of morpholine rings is 1. The molecule has 132 valence electrons. The van der Waals surface area contributed by atoms with Crippen LogP contribution in [0, 0.1) is 0 Å². The van der Waals surface area contributed by atoms with Crippen LogP contribution in [-0.4, -0.2) is 53.3 Å². The summed E-state index contributed by atoms with van der Waals surface area (Å²) in [5.41, 5.74) is 1.62. The van der Waals surface area contributed by atoms with Crippen LogP contribution in [0.15, 0.2) is 30.5 Å². The number of nitrogens with one attached hydrogen (secondary N) is 3. The van der Waals surface area contributed by atoms with Gasteiger partial charge in [0.05, 0.1) is 36.2 Å². The third-order valence-electron chi connectivity index (χ3n) is 3.76. The number of aromatic amines is 1. The van der Waals surface area contributed by atoms with E-state index in [0.717, 1.165) is 5.69 Å². The second-order valence-electron chi connectivity index (χ2n) is 5.49. The molecule has 0 spiro atoms. The van der Waals surface area contributed by atoms with E-state index >= 15 is 0 Å². The molecule has 0 saturated carbocycles. The minimum atomic E-state index is -0.424. The van der Waals surface area contributed by atoms with Gasteiger partial charge in [-0.2, -0.15) is 5.10 Å². The molecule has 3 N–H and O–H groups in total. The molecule has 1 aliphatic rings. The van der Waals surface area contributed by atoms with E-state index in [1.54, 1.807) is 35.4 Å². The lowest BCUT2D eigenvalue weighted by molar-refractivity contribution is 0.0303. The number of carbonyl (C=O) groups is 2. The number of hydrogen-bond acceptors (Lipinski definition) is 4. The summed E-state index contributed by atoms with van der Waals surface area (Å²) in [5.74, 6) is -0.110. The van der Waals surface area contributed by atoms with Crippen molar-refractivity contribution >= 4 is 29.2 Å². The topological polar surface area (TPSA) is 99.3 Å². The first-order valence-electron chi connectivity index (χ1n) is 7.83. The van der Waals surface area contributed by atoms with E-state index in [1.165, 1.54) is 0 Å². The first kappa shape index (κ1) is 17.2. The molecule has 3 amide bonds. The summed E-state index contributed by atoms with van der Waals surface area (Å²) in [6, 6.07) is 6.16. The molecule has 0 radical (unpaired) electrons. The van der Waals surface area contributed by atoms with Crippen LogP contribution < -0.4 is 10.6 Å². The van der Waals surface area contributed by atoms with Gasteiger partial charge in [-0.1, -0.05) is 11.6 Å². The lowest BCUT2D eigenvalue weighted by Crippen LogP contribution is -2.40. The summed E-state index contributed by atoms with van der Waals surface area (Å²) in [6.45, 7) is 2.46. The largest absolute Gasteiger partial charge is 0.378 e. The molecule has 8 nitrogen and oxygen atoms in total. The molecular formula is C16H18ClN5O3. The van der Waals surface area contributed by atoms with E-state index in [4.69, 9.17) is 16.3 Å². The van der Waals surface area contributed by atoms with Crippen LogP contribution in [0.5, 0.6) is 0 Å². The first-order valence-corrected chi connectivity index (χ1v) is 8.21. The molecule has 2 heterocycles. The average Bonchev–Trinajstić information content (AvgIpc) is 3.15. The fourth-order valence-electron chi connectivity index (χ4n) is 2.43. The molecule has 1 aromatic heterocycles. The monoisotopic (exact) mass is 363 g/mol. The smallest absolute Gasteiger partial charge is 0.319 e. The Morgan fingerprint density at radius 3 is 2.80 bits per heavy atom. The number of rotatable bonds is 4. The van der Waals surface area contributed by atoms with Crippen LogP contribution in [0.25, 0.3) is 0 Å². The molecule has 3 rings (SSSR count). The molecule has 9 heteroatoms. The summed E-state index contributed by atoms with van der Waals surface area (Å²) in [4.78, 5) is 26.3. The van der Waals surface area contributed by atoms with Crippen molar-refractivity contribution in [1.29, 1.82) is 0 Å². The van der Waals surface area contributed by atoms with E-state index in [1.807, 2.05) is 0 Å². The Morgan fingerprint density at radius 1 is 1.28 bits per heavy atom. The lowest BCUT2D eigenvalue weighted by atomic mass is 10.1. The third-order valence-corrected chi connectivity index (χ3v) is 4.09. The van der Waals surface area contributed by atoms with Gasteiger partial charge in [0, 0.05) is 24.8 Å². The highest BCUT2D eigenvalue weighted by molar-refractivity contribution is 6.33. The molecular weight excluding hydrogens is 346 g/mol. The second kappa shape index (κ2) is 8.00. The number of carbonyl (C=O) groups excluding carboxylic acids is 2. The fourth-order valence-corrected chi connectivity index (χ4v) is 2.59. The summed E-state index contributed by atoms with van der Waals surface area (Å²) >= 11 is 6.13. The van der Waals surface area contributed by atoms with Crippen molar-refractivity contribution in [3.05, 3.63) is 46.7 Å². The number of nitrogens with zero attached hydrogens (tertiary/aromatic N) is 2. The van der Waals surface area contributed by atoms with Crippen LogP contribution >= 0.6 is 11.6 Å². The highest BCUT2D eigenvalue weighted by Crippen LogP contribution is 2.24. The van der Waals surface area contributed by atoms with E-state index in [0.29, 0.717) is 49.1 Å². The Labute approximate surface area is 149 Å². The maximum absolute atomic E-state index is 12.5. The van der Waals surface area contributed by atoms with Gasteiger partial charge in [0.15, 0.2) is 0 Å². The number of amides is 3. The minimum Gasteiger partial charge on any atom is -0.378 e. The first-order chi connectivity index (χ1) is 12.1. The Morgan fingerprint density at radius 2 is 2.08 bits per heavy atom. The van der Waals surface area contributed by atoms with Crippen LogP contribution in [0.4, 0.5) is 10.5 Å². The molecule has 1 aromatic carbocycles. The van der Waals surface area contributed by atoms with Gasteiger partial charge in [-0.05, 0) is 24.3 Å². The van der Waals surface area contributed by atoms with Crippen molar-refractivity contribution in [1.82, 2.24) is 20.4 Å². The summed E-state index contributed by atoms with van der Waals surface area (Å²) < 4.78 is 5.25. The summed E-state index contributed by atoms with van der Waals surface area (Å²) in [6.07, 6.45) is 1.60. The summed E-state index contributed by atoms with van der Waals surface area (Å²) in [7, 11) is 0.